The van der Waals surface area contributed by atoms with Crippen LogP contribution in [0.15, 0.2) is 84.4 Å². The van der Waals surface area contributed by atoms with Gasteiger partial charge in [-0.25, -0.2) is 9.82 Å². The maximum Gasteiger partial charge on any atom is 0.256 e. The molecule has 2 aromatic heterocycles. The summed E-state index contributed by atoms with van der Waals surface area (Å²) in [7, 11) is 0. The first-order valence-electron chi connectivity index (χ1n) is 20.4. The van der Waals surface area contributed by atoms with Gasteiger partial charge in [-0.2, -0.15) is 5.10 Å². The van der Waals surface area contributed by atoms with Gasteiger partial charge >= 0.3 is 0 Å². The summed E-state index contributed by atoms with van der Waals surface area (Å²) in [5.41, 5.74) is 8.79. The number of nitrogens with one attached hydrogen (secondary N) is 4. The predicted octanol–water partition coefficient (Wildman–Crippen LogP) is 4.93. The quantitative estimate of drug-likeness (QED) is 0.0495. The second kappa shape index (κ2) is 28.9. The van der Waals surface area contributed by atoms with E-state index >= 15 is 0 Å². The first-order chi connectivity index (χ1) is 29.6. The smallest absolute Gasteiger partial charge is 0.256 e. The molecule has 0 radical (unpaired) electrons. The van der Waals surface area contributed by atoms with Gasteiger partial charge in [0.15, 0.2) is 0 Å². The van der Waals surface area contributed by atoms with Crippen LogP contribution in [-0.2, 0) is 30.3 Å². The van der Waals surface area contributed by atoms with E-state index in [1.165, 1.54) is 19.1 Å². The minimum Gasteiger partial charge on any atom is -0.378 e. The summed E-state index contributed by atoms with van der Waals surface area (Å²) >= 11 is 0. The Balaban J connectivity index is 0.000000505. The van der Waals surface area contributed by atoms with Crippen molar-refractivity contribution in [1.29, 1.82) is 0 Å². The number of rotatable bonds is 17. The lowest BCUT2D eigenvalue weighted by Gasteiger charge is -2.35. The van der Waals surface area contributed by atoms with Gasteiger partial charge in [0.2, 0.25) is 24.6 Å². The highest BCUT2D eigenvalue weighted by molar-refractivity contribution is 6.03. The number of benzene rings is 2. The van der Waals surface area contributed by atoms with E-state index in [0.717, 1.165) is 33.6 Å². The molecule has 0 aliphatic carbocycles. The molecule has 4 aromatic rings. The number of piperazine rings is 1. The van der Waals surface area contributed by atoms with E-state index in [-0.39, 0.29) is 30.3 Å². The van der Waals surface area contributed by atoms with E-state index in [2.05, 4.69) is 36.4 Å². The maximum absolute atomic E-state index is 14.8. The monoisotopic (exact) mass is 841 g/mol. The van der Waals surface area contributed by atoms with Gasteiger partial charge in [0.05, 0.1) is 42.4 Å². The summed E-state index contributed by atoms with van der Waals surface area (Å²) in [6.07, 6.45) is 6.63. The largest absolute Gasteiger partial charge is 0.378 e. The van der Waals surface area contributed by atoms with Crippen LogP contribution in [0.3, 0.4) is 0 Å². The Morgan fingerprint density at radius 3 is 2.20 bits per heavy atom. The molecule has 1 aliphatic rings. The van der Waals surface area contributed by atoms with E-state index in [9.17, 15) is 28.4 Å². The lowest BCUT2D eigenvalue weighted by molar-refractivity contribution is -0.131. The molecular formula is C45H60FN9O6. The summed E-state index contributed by atoms with van der Waals surface area (Å²) < 4.78 is 20.1. The number of aryl methyl sites for hydroxylation is 2. The summed E-state index contributed by atoms with van der Waals surface area (Å²) in [6, 6.07) is 17.7. The van der Waals surface area contributed by atoms with Crippen LogP contribution in [0.2, 0.25) is 0 Å². The summed E-state index contributed by atoms with van der Waals surface area (Å²) in [5.74, 6) is -1.25. The van der Waals surface area contributed by atoms with Gasteiger partial charge < -0.3 is 30.5 Å². The van der Waals surface area contributed by atoms with Crippen LogP contribution in [0.25, 0.3) is 11.1 Å². The number of ether oxygens (including phenoxy) is 1. The van der Waals surface area contributed by atoms with Gasteiger partial charge in [0.25, 0.3) is 5.91 Å². The Kier molecular flexibility index (Phi) is 24.1. The zero-order valence-corrected chi connectivity index (χ0v) is 36.3. The van der Waals surface area contributed by atoms with E-state index in [4.69, 9.17) is 4.74 Å². The van der Waals surface area contributed by atoms with Crippen LogP contribution >= 0.6 is 0 Å². The first kappa shape index (κ1) is 50.8. The highest BCUT2D eigenvalue weighted by Crippen LogP contribution is 2.23. The average molecular weight is 842 g/mol. The highest BCUT2D eigenvalue weighted by Gasteiger charge is 2.26. The van der Waals surface area contributed by atoms with Crippen molar-refractivity contribution in [2.75, 3.05) is 64.3 Å². The molecular weight excluding hydrogens is 782 g/mol. The second-order valence-corrected chi connectivity index (χ2v) is 12.9. The van der Waals surface area contributed by atoms with Gasteiger partial charge in [0.1, 0.15) is 5.82 Å². The normalized spacial score (nSPS) is 11.9. The van der Waals surface area contributed by atoms with E-state index in [0.29, 0.717) is 76.6 Å². The number of nitrogens with zero attached hydrogens (tertiary/aromatic N) is 5. The van der Waals surface area contributed by atoms with Crippen molar-refractivity contribution in [2.24, 2.45) is 5.10 Å². The van der Waals surface area contributed by atoms with Crippen molar-refractivity contribution in [3.8, 4) is 11.1 Å². The fourth-order valence-corrected chi connectivity index (χ4v) is 5.85. The Bertz CT molecular complexity index is 2010. The lowest BCUT2D eigenvalue weighted by Crippen LogP contribution is -2.52. The SMILES string of the molecule is CC.CC.CC(=O)Nc1cc(-c2cccnc2)cnc1C.Cc1ccccc1/C(Cc1ccc(F)c(C(=O)N2CCN(C(=O)CNCCOCCNC=O)CC2)c1)=N\NC=O. The van der Waals surface area contributed by atoms with Crippen LogP contribution in [0.5, 0.6) is 0 Å². The number of amides is 5. The van der Waals surface area contributed by atoms with Crippen molar-refractivity contribution in [2.45, 2.75) is 54.9 Å². The fourth-order valence-electron chi connectivity index (χ4n) is 5.85. The van der Waals surface area contributed by atoms with Gasteiger partial charge in [-0.05, 0) is 49.2 Å². The van der Waals surface area contributed by atoms with Crippen LogP contribution in [-0.4, -0.2) is 115 Å². The molecule has 328 valence electrons. The number of anilines is 1. The number of halogens is 1. The Hall–Kier alpha value is -6.39. The Labute approximate surface area is 358 Å². The van der Waals surface area contributed by atoms with Crippen molar-refractivity contribution >= 4 is 41.9 Å². The van der Waals surface area contributed by atoms with Gasteiger partial charge in [0, 0.05) is 87.9 Å². The predicted molar refractivity (Wildman–Crippen MR) is 236 cm³/mol. The number of carbonyl (C=O) groups is 5. The number of hydrogen-bond donors (Lipinski definition) is 4. The zero-order valence-electron chi connectivity index (χ0n) is 36.3. The molecule has 0 bridgehead atoms. The number of hydrogen-bond acceptors (Lipinski definition) is 10. The van der Waals surface area contributed by atoms with E-state index < -0.39 is 11.7 Å². The van der Waals surface area contributed by atoms with Gasteiger partial charge in [-0.3, -0.25) is 33.9 Å². The summed E-state index contributed by atoms with van der Waals surface area (Å²) in [5, 5.41) is 12.5. The van der Waals surface area contributed by atoms with Crippen molar-refractivity contribution in [1.82, 2.24) is 35.8 Å². The summed E-state index contributed by atoms with van der Waals surface area (Å²) in [6.45, 7) is 16.4. The van der Waals surface area contributed by atoms with Crippen LogP contribution in [0.4, 0.5) is 10.1 Å². The molecule has 1 fully saturated rings. The molecule has 0 saturated carbocycles. The minimum absolute atomic E-state index is 0.0465. The fraction of sp³-hybridized carbons (Fsp3) is 0.378. The highest BCUT2D eigenvalue weighted by atomic mass is 19.1. The average Bonchev–Trinajstić information content (AvgIpc) is 3.29. The molecule has 3 heterocycles. The van der Waals surface area contributed by atoms with Crippen LogP contribution < -0.4 is 21.4 Å². The molecule has 1 saturated heterocycles. The third kappa shape index (κ3) is 17.4. The zero-order chi connectivity index (χ0) is 45.0. The number of hydrazone groups is 1. The molecule has 2 aromatic carbocycles. The van der Waals surface area contributed by atoms with Crippen LogP contribution in [0, 0.1) is 19.7 Å². The lowest BCUT2D eigenvalue weighted by atomic mass is 9.97. The number of aromatic nitrogens is 2. The molecule has 15 nitrogen and oxygen atoms in total. The molecule has 4 N–H and O–H groups in total. The number of carbonyl (C=O) groups excluding carboxylic acids is 5. The van der Waals surface area contributed by atoms with E-state index in [1.54, 1.807) is 34.5 Å². The standard InChI is InChI=1S/C28H35FN6O5.C13H13N3O.2C2H6/c1-21-4-2-3-5-23(21)26(33-32-20-37)17-22-6-7-25(29)24(16-22)28(39)35-12-10-34(11-13-35)27(38)18-30-8-14-40-15-9-31-19-36;1-9-13(16-10(2)17)6-12(8-15-9)11-4-3-5-14-7-11;2*1-2/h2-7,16,19-20,30H,8-15,17-18H2,1H3,(H,31,36)(H,32,37);3-8H,1-2H3,(H,16,17);2*1-2H3/b33-26-;;;. The van der Waals surface area contributed by atoms with E-state index in [1.807, 2.05) is 84.0 Å². The topological polar surface area (TPSA) is 187 Å². The van der Waals surface area contributed by atoms with Crippen molar-refractivity contribution in [3.05, 3.63) is 113 Å². The van der Waals surface area contributed by atoms with Crippen molar-refractivity contribution < 1.29 is 33.1 Å². The van der Waals surface area contributed by atoms with Gasteiger partial charge in [-0.15, -0.1) is 0 Å². The molecule has 0 atom stereocenters. The molecule has 61 heavy (non-hydrogen) atoms. The summed E-state index contributed by atoms with van der Waals surface area (Å²) in [4.78, 5) is 69.4. The molecule has 5 amide bonds. The van der Waals surface area contributed by atoms with Crippen molar-refractivity contribution in [3.63, 3.8) is 0 Å². The maximum atomic E-state index is 14.8. The molecule has 16 heteroatoms. The second-order valence-electron chi connectivity index (χ2n) is 12.9. The molecule has 1 aliphatic heterocycles. The molecule has 5 rings (SSSR count). The third-order valence-electron chi connectivity index (χ3n) is 8.83. The Morgan fingerprint density at radius 2 is 1.54 bits per heavy atom. The first-order valence-corrected chi connectivity index (χ1v) is 20.4. The molecule has 0 spiro atoms. The minimum atomic E-state index is -0.624. The molecule has 0 unspecified atom stereocenters. The Morgan fingerprint density at radius 1 is 0.836 bits per heavy atom. The van der Waals surface area contributed by atoms with Crippen LogP contribution in [0.1, 0.15) is 67.4 Å². The van der Waals surface area contributed by atoms with Gasteiger partial charge in [-0.1, -0.05) is 64.1 Å². The number of pyridine rings is 2. The third-order valence-corrected chi connectivity index (χ3v) is 8.83.